The average molecular weight is 467 g/mol. The minimum Gasteiger partial charge on any atom is -0.503 e. The predicted molar refractivity (Wildman–Crippen MR) is 103 cm³/mol. The van der Waals surface area contributed by atoms with Crippen LogP contribution in [0, 0.1) is 3.57 Å². The van der Waals surface area contributed by atoms with Gasteiger partial charge in [0.25, 0.3) is 5.91 Å². The summed E-state index contributed by atoms with van der Waals surface area (Å²) >= 11 is 2.19. The third-order valence-electron chi connectivity index (χ3n) is 4.23. The van der Waals surface area contributed by atoms with Gasteiger partial charge in [0, 0.05) is 23.8 Å². The lowest BCUT2D eigenvalue weighted by molar-refractivity contribution is -0.129. The molecule has 0 saturated carbocycles. The number of rotatable bonds is 7. The fourth-order valence-electron chi connectivity index (χ4n) is 3.03. The van der Waals surface area contributed by atoms with E-state index in [0.29, 0.717) is 19.6 Å². The number of furan rings is 1. The summed E-state index contributed by atoms with van der Waals surface area (Å²) in [6.07, 6.45) is 1.98. The van der Waals surface area contributed by atoms with E-state index in [2.05, 4.69) is 22.6 Å². The van der Waals surface area contributed by atoms with Crippen LogP contribution in [0.1, 0.15) is 28.6 Å². The number of carbonyl (C=O) groups excluding carboxylic acids is 2. The number of benzene rings is 1. The Bertz CT molecular complexity index is 826. The van der Waals surface area contributed by atoms with Gasteiger partial charge in [-0.2, -0.15) is 0 Å². The molecule has 1 aromatic heterocycles. The number of hydrogen-bond donors (Lipinski definition) is 1. The molecule has 3 rings (SSSR count). The van der Waals surface area contributed by atoms with Crippen molar-refractivity contribution in [1.82, 2.24) is 4.90 Å². The van der Waals surface area contributed by atoms with Crippen LogP contribution in [0.2, 0.25) is 0 Å². The number of methoxy groups -OCH3 is 1. The van der Waals surface area contributed by atoms with Crippen LogP contribution in [-0.2, 0) is 9.53 Å². The van der Waals surface area contributed by atoms with Gasteiger partial charge >= 0.3 is 0 Å². The Morgan fingerprint density at radius 3 is 2.65 bits per heavy atom. The SMILES string of the molecule is COCCCN1C(=O)C(O)=C(C(=O)c2ccco2)C1c1ccc(I)cc1. The highest BCUT2D eigenvalue weighted by Crippen LogP contribution is 2.39. The van der Waals surface area contributed by atoms with E-state index in [0.717, 1.165) is 9.13 Å². The molecule has 0 spiro atoms. The van der Waals surface area contributed by atoms with Gasteiger partial charge in [-0.25, -0.2) is 0 Å². The minimum absolute atomic E-state index is 0.0450. The molecule has 2 aromatic rings. The number of carbonyl (C=O) groups is 2. The Morgan fingerprint density at radius 2 is 2.04 bits per heavy atom. The van der Waals surface area contributed by atoms with Gasteiger partial charge in [-0.1, -0.05) is 12.1 Å². The van der Waals surface area contributed by atoms with E-state index >= 15 is 0 Å². The summed E-state index contributed by atoms with van der Waals surface area (Å²) in [5.74, 6) is -1.47. The lowest BCUT2D eigenvalue weighted by atomic mass is 9.95. The molecule has 0 saturated heterocycles. The van der Waals surface area contributed by atoms with Gasteiger partial charge in [-0.05, 0) is 58.8 Å². The molecule has 1 unspecified atom stereocenters. The molecule has 2 heterocycles. The molecule has 136 valence electrons. The number of aliphatic hydroxyl groups is 1. The maximum absolute atomic E-state index is 12.9. The van der Waals surface area contributed by atoms with E-state index in [1.807, 2.05) is 24.3 Å². The van der Waals surface area contributed by atoms with Gasteiger partial charge in [0.15, 0.2) is 11.5 Å². The van der Waals surface area contributed by atoms with Crippen LogP contribution in [0.5, 0.6) is 0 Å². The molecule has 26 heavy (non-hydrogen) atoms. The van der Waals surface area contributed by atoms with Crippen LogP contribution in [0.4, 0.5) is 0 Å². The third-order valence-corrected chi connectivity index (χ3v) is 4.95. The number of hydrogen-bond acceptors (Lipinski definition) is 5. The van der Waals surface area contributed by atoms with Crippen molar-refractivity contribution in [2.24, 2.45) is 0 Å². The van der Waals surface area contributed by atoms with E-state index in [9.17, 15) is 14.7 Å². The maximum atomic E-state index is 12.9. The third kappa shape index (κ3) is 3.54. The van der Waals surface area contributed by atoms with Crippen LogP contribution in [0.3, 0.4) is 0 Å². The molecule has 1 aromatic carbocycles. The number of ether oxygens (including phenoxy) is 1. The first-order chi connectivity index (χ1) is 12.5. The summed E-state index contributed by atoms with van der Waals surface area (Å²) in [6.45, 7) is 0.841. The molecule has 6 nitrogen and oxygen atoms in total. The van der Waals surface area contributed by atoms with Crippen molar-refractivity contribution < 1.29 is 23.8 Å². The standard InChI is InChI=1S/C19H18INO5/c1-25-10-3-9-21-16(12-5-7-13(20)8-6-12)15(18(23)19(21)24)17(22)14-4-2-11-26-14/h2,4-8,11,16,23H,3,9-10H2,1H3. The largest absolute Gasteiger partial charge is 0.503 e. The second-order valence-electron chi connectivity index (χ2n) is 5.87. The summed E-state index contributed by atoms with van der Waals surface area (Å²) in [7, 11) is 1.59. The quantitative estimate of drug-likeness (QED) is 0.383. The molecule has 0 fully saturated rings. The van der Waals surface area contributed by atoms with Crippen LogP contribution in [0.15, 0.2) is 58.4 Å². The first kappa shape index (κ1) is 18.7. The summed E-state index contributed by atoms with van der Waals surface area (Å²) in [4.78, 5) is 27.0. The van der Waals surface area contributed by atoms with E-state index in [4.69, 9.17) is 9.15 Å². The van der Waals surface area contributed by atoms with Crippen molar-refractivity contribution >= 4 is 34.3 Å². The molecule has 0 bridgehead atoms. The Balaban J connectivity index is 2.02. The second kappa shape index (κ2) is 8.05. The van der Waals surface area contributed by atoms with Crippen molar-refractivity contribution in [3.63, 3.8) is 0 Å². The molecule has 0 radical (unpaired) electrons. The summed E-state index contributed by atoms with van der Waals surface area (Å²) in [6, 6.07) is 9.97. The summed E-state index contributed by atoms with van der Waals surface area (Å²) < 4.78 is 11.3. The minimum atomic E-state index is -0.658. The molecule has 1 aliphatic heterocycles. The Labute approximate surface area is 164 Å². The number of ketones is 1. The van der Waals surface area contributed by atoms with Gasteiger partial charge in [0.05, 0.1) is 17.9 Å². The molecular weight excluding hydrogens is 449 g/mol. The Morgan fingerprint density at radius 1 is 1.31 bits per heavy atom. The van der Waals surface area contributed by atoms with Crippen molar-refractivity contribution in [3.05, 3.63) is 68.9 Å². The highest BCUT2D eigenvalue weighted by atomic mass is 127. The highest BCUT2D eigenvalue weighted by molar-refractivity contribution is 14.1. The normalized spacial score (nSPS) is 17.2. The first-order valence-electron chi connectivity index (χ1n) is 8.11. The number of amides is 1. The lowest BCUT2D eigenvalue weighted by Gasteiger charge is -2.26. The zero-order valence-electron chi connectivity index (χ0n) is 14.1. The predicted octanol–water partition coefficient (Wildman–Crippen LogP) is 3.50. The Hall–Kier alpha value is -2.13. The fourth-order valence-corrected chi connectivity index (χ4v) is 3.39. The monoisotopic (exact) mass is 467 g/mol. The van der Waals surface area contributed by atoms with Gasteiger partial charge < -0.3 is 19.2 Å². The van der Waals surface area contributed by atoms with Gasteiger partial charge in [-0.3, -0.25) is 9.59 Å². The maximum Gasteiger partial charge on any atom is 0.290 e. The second-order valence-corrected chi connectivity index (χ2v) is 7.11. The molecule has 1 amide bonds. The lowest BCUT2D eigenvalue weighted by Crippen LogP contribution is -2.32. The summed E-state index contributed by atoms with van der Waals surface area (Å²) in [5, 5.41) is 10.4. The molecule has 7 heteroatoms. The van der Waals surface area contributed by atoms with E-state index in [-0.39, 0.29) is 11.3 Å². The number of nitrogens with zero attached hydrogens (tertiary/aromatic N) is 1. The van der Waals surface area contributed by atoms with E-state index in [1.54, 1.807) is 13.2 Å². The number of aliphatic hydroxyl groups excluding tert-OH is 1. The van der Waals surface area contributed by atoms with Gasteiger partial charge in [0.1, 0.15) is 0 Å². The highest BCUT2D eigenvalue weighted by Gasteiger charge is 2.44. The molecule has 1 N–H and O–H groups in total. The first-order valence-corrected chi connectivity index (χ1v) is 9.19. The van der Waals surface area contributed by atoms with E-state index in [1.165, 1.54) is 17.2 Å². The topological polar surface area (TPSA) is 80.0 Å². The fraction of sp³-hybridized carbons (Fsp3) is 0.263. The molecule has 1 aliphatic rings. The van der Waals surface area contributed by atoms with E-state index < -0.39 is 23.5 Å². The van der Waals surface area contributed by atoms with Crippen LogP contribution in [-0.4, -0.2) is 42.0 Å². The summed E-state index contributed by atoms with van der Waals surface area (Å²) in [5.41, 5.74) is 0.804. The van der Waals surface area contributed by atoms with Crippen LogP contribution >= 0.6 is 22.6 Å². The van der Waals surface area contributed by atoms with Gasteiger partial charge in [0.2, 0.25) is 5.78 Å². The van der Waals surface area contributed by atoms with Crippen molar-refractivity contribution in [2.45, 2.75) is 12.5 Å². The number of halogens is 1. The van der Waals surface area contributed by atoms with Crippen LogP contribution < -0.4 is 0 Å². The van der Waals surface area contributed by atoms with Crippen molar-refractivity contribution in [1.29, 1.82) is 0 Å². The van der Waals surface area contributed by atoms with Crippen molar-refractivity contribution in [3.8, 4) is 0 Å². The average Bonchev–Trinajstić information content (AvgIpc) is 3.25. The zero-order chi connectivity index (χ0) is 18.7. The van der Waals surface area contributed by atoms with Crippen molar-refractivity contribution in [2.75, 3.05) is 20.3 Å². The Kier molecular flexibility index (Phi) is 5.77. The van der Waals surface area contributed by atoms with Crippen LogP contribution in [0.25, 0.3) is 0 Å². The number of Topliss-reactive ketones (excluding diaryl/α,β-unsaturated/α-hetero) is 1. The molecule has 1 atom stereocenters. The van der Waals surface area contributed by atoms with Gasteiger partial charge in [-0.15, -0.1) is 0 Å². The zero-order valence-corrected chi connectivity index (χ0v) is 16.3. The molecule has 0 aliphatic carbocycles. The smallest absolute Gasteiger partial charge is 0.290 e. The molecular formula is C19H18INO5.